The zero-order chi connectivity index (χ0) is 23.4. The second-order valence-corrected chi connectivity index (χ2v) is 8.17. The van der Waals surface area contributed by atoms with Gasteiger partial charge in [-0.05, 0) is 43.3 Å². The summed E-state index contributed by atoms with van der Waals surface area (Å²) in [6.45, 7) is 1.84. The molecule has 0 saturated heterocycles. The Labute approximate surface area is 195 Å². The van der Waals surface area contributed by atoms with Gasteiger partial charge in [-0.15, -0.1) is 0 Å². The van der Waals surface area contributed by atoms with E-state index in [2.05, 4.69) is 0 Å². The van der Waals surface area contributed by atoms with Gasteiger partial charge in [0.25, 0.3) is 0 Å². The van der Waals surface area contributed by atoms with Crippen molar-refractivity contribution in [3.05, 3.63) is 107 Å². The van der Waals surface area contributed by atoms with Crippen molar-refractivity contribution in [1.82, 2.24) is 14.8 Å². The van der Waals surface area contributed by atoms with E-state index in [4.69, 9.17) is 14.8 Å². The highest BCUT2D eigenvalue weighted by Crippen LogP contribution is 2.41. The van der Waals surface area contributed by atoms with E-state index in [9.17, 15) is 9.59 Å². The van der Waals surface area contributed by atoms with Crippen LogP contribution in [0, 0.1) is 6.92 Å². The van der Waals surface area contributed by atoms with Gasteiger partial charge < -0.3 is 4.74 Å². The molecule has 0 radical (unpaired) electrons. The van der Waals surface area contributed by atoms with E-state index in [0.29, 0.717) is 50.4 Å². The summed E-state index contributed by atoms with van der Waals surface area (Å²) in [5.74, 6) is 0.213. The van der Waals surface area contributed by atoms with Crippen LogP contribution in [0.25, 0.3) is 28.0 Å². The number of ether oxygens (including phenoxy) is 1. The molecular formula is C28H19N3O3. The summed E-state index contributed by atoms with van der Waals surface area (Å²) >= 11 is 0. The normalized spacial score (nSPS) is 12.0. The molecule has 0 spiro atoms. The highest BCUT2D eigenvalue weighted by molar-refractivity contribution is 6.30. The van der Waals surface area contributed by atoms with E-state index in [-0.39, 0.29) is 11.6 Å². The average molecular weight is 445 g/mol. The molecular weight excluding hydrogens is 426 g/mol. The zero-order valence-corrected chi connectivity index (χ0v) is 18.6. The lowest BCUT2D eigenvalue weighted by Crippen LogP contribution is -2.11. The molecule has 0 saturated carbocycles. The third-order valence-corrected chi connectivity index (χ3v) is 6.22. The quantitative estimate of drug-likeness (QED) is 0.350. The van der Waals surface area contributed by atoms with Crippen LogP contribution < -0.4 is 4.74 Å². The van der Waals surface area contributed by atoms with Crippen LogP contribution in [0.3, 0.4) is 0 Å². The number of aryl methyl sites for hydroxylation is 1. The molecule has 0 fully saturated rings. The van der Waals surface area contributed by atoms with Crippen LogP contribution >= 0.6 is 0 Å². The third kappa shape index (κ3) is 2.82. The van der Waals surface area contributed by atoms with Crippen LogP contribution in [-0.2, 0) is 0 Å². The molecule has 0 amide bonds. The van der Waals surface area contributed by atoms with Crippen molar-refractivity contribution < 1.29 is 14.3 Å². The number of fused-ring (bicyclic) bond motifs is 4. The molecule has 6 heteroatoms. The first-order valence-electron chi connectivity index (χ1n) is 10.9. The van der Waals surface area contributed by atoms with Gasteiger partial charge >= 0.3 is 0 Å². The number of pyridine rings is 1. The van der Waals surface area contributed by atoms with Gasteiger partial charge in [0.1, 0.15) is 5.75 Å². The zero-order valence-electron chi connectivity index (χ0n) is 18.6. The van der Waals surface area contributed by atoms with E-state index in [1.165, 1.54) is 0 Å². The second kappa shape index (κ2) is 7.49. The summed E-state index contributed by atoms with van der Waals surface area (Å²) in [5.41, 5.74) is 4.95. The van der Waals surface area contributed by atoms with E-state index in [1.54, 1.807) is 42.1 Å². The average Bonchev–Trinajstić information content (AvgIpc) is 3.37. The number of carbonyl (C=O) groups is 2. The van der Waals surface area contributed by atoms with Gasteiger partial charge in [-0.1, -0.05) is 42.5 Å². The van der Waals surface area contributed by atoms with Gasteiger partial charge in [-0.2, -0.15) is 5.10 Å². The summed E-state index contributed by atoms with van der Waals surface area (Å²) < 4.78 is 6.98. The third-order valence-electron chi connectivity index (χ3n) is 6.22. The second-order valence-electron chi connectivity index (χ2n) is 8.17. The van der Waals surface area contributed by atoms with Crippen molar-refractivity contribution in [2.45, 2.75) is 6.92 Å². The smallest absolute Gasteiger partial charge is 0.196 e. The Balaban J connectivity index is 1.70. The van der Waals surface area contributed by atoms with E-state index in [0.717, 1.165) is 11.3 Å². The summed E-state index contributed by atoms with van der Waals surface area (Å²) in [4.78, 5) is 32.4. The standard InChI is InChI=1S/C28H19N3O3/c1-16-22-23(26(32)17-12-14-19(34-2)15-13-17)24-25(20-10-6-7-11-21(20)27(24)33)29-28(22)31(30-16)18-8-4-3-5-9-18/h3-15H,1-2H3. The fourth-order valence-corrected chi connectivity index (χ4v) is 4.62. The maximum Gasteiger partial charge on any atom is 0.196 e. The van der Waals surface area contributed by atoms with Gasteiger partial charge in [0.15, 0.2) is 17.2 Å². The summed E-state index contributed by atoms with van der Waals surface area (Å²) in [6, 6.07) is 23.9. The van der Waals surface area contributed by atoms with Crippen LogP contribution in [0.15, 0.2) is 78.9 Å². The number of aromatic nitrogens is 3. The van der Waals surface area contributed by atoms with Crippen molar-refractivity contribution >= 4 is 22.6 Å². The predicted molar refractivity (Wildman–Crippen MR) is 129 cm³/mol. The van der Waals surface area contributed by atoms with E-state index < -0.39 is 0 Å². The molecule has 1 aliphatic rings. The van der Waals surface area contributed by atoms with Crippen molar-refractivity contribution in [3.8, 4) is 22.7 Å². The highest BCUT2D eigenvalue weighted by Gasteiger charge is 2.36. The Bertz CT molecular complexity index is 1620. The number of carbonyl (C=O) groups excluding carboxylic acids is 2. The minimum absolute atomic E-state index is 0.191. The van der Waals surface area contributed by atoms with Gasteiger partial charge in [-0.3, -0.25) is 9.59 Å². The van der Waals surface area contributed by atoms with Crippen LogP contribution in [-0.4, -0.2) is 33.4 Å². The molecule has 3 aromatic carbocycles. The van der Waals surface area contributed by atoms with Gasteiger partial charge in [0, 0.05) is 22.3 Å². The van der Waals surface area contributed by atoms with Crippen LogP contribution in [0.1, 0.15) is 37.5 Å². The lowest BCUT2D eigenvalue weighted by molar-refractivity contribution is 0.101. The Kier molecular flexibility index (Phi) is 4.42. The number of nitrogens with zero attached hydrogens (tertiary/aromatic N) is 3. The summed E-state index contributed by atoms with van der Waals surface area (Å²) in [6.07, 6.45) is 0. The number of ketones is 2. The van der Waals surface area contributed by atoms with Crippen molar-refractivity contribution in [2.75, 3.05) is 7.11 Å². The first-order chi connectivity index (χ1) is 16.6. The van der Waals surface area contributed by atoms with Crippen molar-refractivity contribution in [3.63, 3.8) is 0 Å². The Morgan fingerprint density at radius 2 is 1.56 bits per heavy atom. The van der Waals surface area contributed by atoms with Gasteiger partial charge in [-0.25, -0.2) is 9.67 Å². The van der Waals surface area contributed by atoms with E-state index >= 15 is 0 Å². The molecule has 0 bridgehead atoms. The van der Waals surface area contributed by atoms with E-state index in [1.807, 2.05) is 55.5 Å². The predicted octanol–water partition coefficient (Wildman–Crippen LogP) is 5.18. The number of rotatable bonds is 4. The van der Waals surface area contributed by atoms with Crippen LogP contribution in [0.4, 0.5) is 0 Å². The molecule has 5 aromatic rings. The molecule has 0 unspecified atom stereocenters. The van der Waals surface area contributed by atoms with Crippen LogP contribution in [0.5, 0.6) is 5.75 Å². The minimum Gasteiger partial charge on any atom is -0.497 e. The molecule has 2 aromatic heterocycles. The van der Waals surface area contributed by atoms with Crippen molar-refractivity contribution in [2.24, 2.45) is 0 Å². The summed E-state index contributed by atoms with van der Waals surface area (Å²) in [7, 11) is 1.58. The first kappa shape index (κ1) is 20.1. The minimum atomic E-state index is -0.247. The topological polar surface area (TPSA) is 74.1 Å². The molecule has 0 atom stereocenters. The number of methoxy groups -OCH3 is 1. The lowest BCUT2D eigenvalue weighted by atomic mass is 9.93. The number of hydrogen-bond donors (Lipinski definition) is 0. The first-order valence-corrected chi connectivity index (χ1v) is 10.9. The Morgan fingerprint density at radius 3 is 2.26 bits per heavy atom. The maximum atomic E-state index is 14.0. The molecule has 1 aliphatic carbocycles. The molecule has 6 nitrogen and oxygen atoms in total. The maximum absolute atomic E-state index is 14.0. The monoisotopic (exact) mass is 445 g/mol. The largest absolute Gasteiger partial charge is 0.497 e. The molecule has 0 aliphatic heterocycles. The number of benzene rings is 3. The van der Waals surface area contributed by atoms with Gasteiger partial charge in [0.2, 0.25) is 0 Å². The number of para-hydroxylation sites is 1. The SMILES string of the molecule is COc1ccc(C(=O)c2c3c(nc4c2c(C)nn4-c2ccccc2)-c2ccccc2C3=O)cc1. The highest BCUT2D eigenvalue weighted by atomic mass is 16.5. The molecule has 0 N–H and O–H groups in total. The number of hydrogen-bond acceptors (Lipinski definition) is 5. The molecule has 2 heterocycles. The Hall–Kier alpha value is -4.58. The molecule has 164 valence electrons. The molecule has 34 heavy (non-hydrogen) atoms. The fraction of sp³-hybridized carbons (Fsp3) is 0.0714. The van der Waals surface area contributed by atoms with Crippen LogP contribution in [0.2, 0.25) is 0 Å². The lowest BCUT2D eigenvalue weighted by Gasteiger charge is -2.11. The van der Waals surface area contributed by atoms with Gasteiger partial charge in [0.05, 0.1) is 35.1 Å². The molecule has 6 rings (SSSR count). The summed E-state index contributed by atoms with van der Waals surface area (Å²) in [5, 5.41) is 5.30. The van der Waals surface area contributed by atoms with Crippen molar-refractivity contribution in [1.29, 1.82) is 0 Å². The fourth-order valence-electron chi connectivity index (χ4n) is 4.62. The Morgan fingerprint density at radius 1 is 0.882 bits per heavy atom.